The van der Waals surface area contributed by atoms with E-state index in [1.54, 1.807) is 30.3 Å². The molecular weight excluding hydrogens is 318 g/mol. The third-order valence-corrected chi connectivity index (χ3v) is 3.10. The Morgan fingerprint density at radius 2 is 2.11 bits per heavy atom. The molecule has 2 rings (SSSR count). The van der Waals surface area contributed by atoms with E-state index in [9.17, 15) is 4.79 Å². The van der Waals surface area contributed by atoms with Crippen molar-refractivity contribution in [1.82, 2.24) is 4.98 Å². The molecule has 0 spiro atoms. The van der Waals surface area contributed by atoms with Gasteiger partial charge in [-0.25, -0.2) is 4.79 Å². The van der Waals surface area contributed by atoms with Crippen molar-refractivity contribution in [2.75, 3.05) is 0 Å². The Kier molecular flexibility index (Phi) is 3.99. The number of halogens is 2. The largest absolute Gasteiger partial charge is 0.422 e. The predicted molar refractivity (Wildman–Crippen MR) is 73.1 cm³/mol. The SMILES string of the molecule is Cc1ccc(C(=O)Oc2ccc(Cl)cc2Br)cn1. The maximum atomic E-state index is 11.8. The molecule has 18 heavy (non-hydrogen) atoms. The summed E-state index contributed by atoms with van der Waals surface area (Å²) in [5, 5.41) is 0.568. The van der Waals surface area contributed by atoms with Crippen LogP contribution in [0.3, 0.4) is 0 Å². The van der Waals surface area contributed by atoms with Crippen LogP contribution in [0.1, 0.15) is 16.1 Å². The van der Waals surface area contributed by atoms with Gasteiger partial charge in [0.25, 0.3) is 0 Å². The minimum atomic E-state index is -0.453. The average molecular weight is 327 g/mol. The number of aromatic nitrogens is 1. The maximum Gasteiger partial charge on any atom is 0.345 e. The highest BCUT2D eigenvalue weighted by molar-refractivity contribution is 9.10. The molecule has 0 radical (unpaired) electrons. The monoisotopic (exact) mass is 325 g/mol. The lowest BCUT2D eigenvalue weighted by Crippen LogP contribution is -2.09. The van der Waals surface area contributed by atoms with Crippen LogP contribution < -0.4 is 4.74 Å². The van der Waals surface area contributed by atoms with Crippen LogP contribution >= 0.6 is 27.5 Å². The zero-order valence-corrected chi connectivity index (χ0v) is 11.8. The molecule has 0 atom stereocenters. The van der Waals surface area contributed by atoms with Gasteiger partial charge in [-0.15, -0.1) is 0 Å². The summed E-state index contributed by atoms with van der Waals surface area (Å²) >= 11 is 9.09. The van der Waals surface area contributed by atoms with Gasteiger partial charge in [-0.05, 0) is 53.2 Å². The number of rotatable bonds is 2. The van der Waals surface area contributed by atoms with Gasteiger partial charge in [-0.1, -0.05) is 11.6 Å². The lowest BCUT2D eigenvalue weighted by molar-refractivity contribution is 0.0733. The highest BCUT2D eigenvalue weighted by Gasteiger charge is 2.11. The van der Waals surface area contributed by atoms with Gasteiger partial charge < -0.3 is 4.74 Å². The van der Waals surface area contributed by atoms with Gasteiger partial charge in [-0.2, -0.15) is 0 Å². The number of hydrogen-bond acceptors (Lipinski definition) is 3. The summed E-state index contributed by atoms with van der Waals surface area (Å²) in [5.74, 6) is -0.0319. The Labute approximate surface area is 118 Å². The van der Waals surface area contributed by atoms with Crippen molar-refractivity contribution >= 4 is 33.5 Å². The van der Waals surface area contributed by atoms with Gasteiger partial charge >= 0.3 is 5.97 Å². The number of ether oxygens (including phenoxy) is 1. The van der Waals surface area contributed by atoms with Gasteiger partial charge in [0, 0.05) is 16.9 Å². The third-order valence-electron chi connectivity index (χ3n) is 2.24. The van der Waals surface area contributed by atoms with Crippen molar-refractivity contribution < 1.29 is 9.53 Å². The molecule has 3 nitrogen and oxygen atoms in total. The first-order chi connectivity index (χ1) is 8.56. The fourth-order valence-electron chi connectivity index (χ4n) is 1.31. The Morgan fingerprint density at radius 3 is 2.72 bits per heavy atom. The van der Waals surface area contributed by atoms with Crippen molar-refractivity contribution in [3.05, 3.63) is 57.3 Å². The van der Waals surface area contributed by atoms with E-state index >= 15 is 0 Å². The second-order valence-electron chi connectivity index (χ2n) is 3.65. The van der Waals surface area contributed by atoms with Crippen LogP contribution in [-0.4, -0.2) is 11.0 Å². The van der Waals surface area contributed by atoms with E-state index in [0.717, 1.165) is 5.69 Å². The molecule has 1 aromatic carbocycles. The third kappa shape index (κ3) is 3.09. The highest BCUT2D eigenvalue weighted by Crippen LogP contribution is 2.28. The summed E-state index contributed by atoms with van der Waals surface area (Å²) in [6.45, 7) is 1.85. The smallest absolute Gasteiger partial charge is 0.345 e. The molecule has 1 heterocycles. The second-order valence-corrected chi connectivity index (χ2v) is 4.94. The summed E-state index contributed by atoms with van der Waals surface area (Å²) in [7, 11) is 0. The van der Waals surface area contributed by atoms with Gasteiger partial charge in [0.1, 0.15) is 5.75 Å². The molecule has 92 valence electrons. The zero-order valence-electron chi connectivity index (χ0n) is 9.48. The Bertz CT molecular complexity index is 584. The van der Waals surface area contributed by atoms with Crippen LogP contribution in [0.5, 0.6) is 5.75 Å². The predicted octanol–water partition coefficient (Wildman–Crippen LogP) is 4.03. The summed E-state index contributed by atoms with van der Waals surface area (Å²) in [6, 6.07) is 8.38. The van der Waals surface area contributed by atoms with Crippen LogP contribution in [0.4, 0.5) is 0 Å². The number of esters is 1. The number of carbonyl (C=O) groups excluding carboxylic acids is 1. The summed E-state index contributed by atoms with van der Waals surface area (Å²) in [5.41, 5.74) is 1.25. The van der Waals surface area contributed by atoms with Gasteiger partial charge in [0.2, 0.25) is 0 Å². The van der Waals surface area contributed by atoms with Crippen molar-refractivity contribution in [2.45, 2.75) is 6.92 Å². The first-order valence-corrected chi connectivity index (χ1v) is 6.33. The minimum absolute atomic E-state index is 0.405. The van der Waals surface area contributed by atoms with Crippen LogP contribution in [-0.2, 0) is 0 Å². The Morgan fingerprint density at radius 1 is 1.33 bits per heavy atom. The van der Waals surface area contributed by atoms with Gasteiger partial charge in [0.05, 0.1) is 10.0 Å². The second kappa shape index (κ2) is 5.50. The van der Waals surface area contributed by atoms with Crippen molar-refractivity contribution in [1.29, 1.82) is 0 Å². The molecule has 5 heteroatoms. The molecule has 0 fully saturated rings. The van der Waals surface area contributed by atoms with E-state index in [0.29, 0.717) is 20.8 Å². The zero-order chi connectivity index (χ0) is 13.1. The number of carbonyl (C=O) groups is 1. The lowest BCUT2D eigenvalue weighted by atomic mass is 10.2. The molecule has 0 amide bonds. The minimum Gasteiger partial charge on any atom is -0.422 e. The normalized spacial score (nSPS) is 10.2. The topological polar surface area (TPSA) is 39.2 Å². The number of hydrogen-bond donors (Lipinski definition) is 0. The Hall–Kier alpha value is -1.39. The summed E-state index contributed by atoms with van der Waals surface area (Å²) in [6.07, 6.45) is 1.49. The van der Waals surface area contributed by atoms with Gasteiger partial charge in [-0.3, -0.25) is 4.98 Å². The van der Waals surface area contributed by atoms with Crippen LogP contribution in [0.15, 0.2) is 41.0 Å². The number of aryl methyl sites for hydroxylation is 1. The van der Waals surface area contributed by atoms with Crippen molar-refractivity contribution in [2.24, 2.45) is 0 Å². The number of benzene rings is 1. The molecular formula is C13H9BrClNO2. The molecule has 0 aliphatic rings. The highest BCUT2D eigenvalue weighted by atomic mass is 79.9. The molecule has 0 bridgehead atoms. The molecule has 0 aliphatic carbocycles. The van der Waals surface area contributed by atoms with Crippen molar-refractivity contribution in [3.63, 3.8) is 0 Å². The molecule has 2 aromatic rings. The first-order valence-electron chi connectivity index (χ1n) is 5.16. The standard InChI is InChI=1S/C13H9BrClNO2/c1-8-2-3-9(7-16-8)13(17)18-12-5-4-10(15)6-11(12)14/h2-7H,1H3. The van der Waals surface area contributed by atoms with E-state index in [1.807, 2.05) is 6.92 Å². The number of pyridine rings is 1. The molecule has 0 saturated carbocycles. The fourth-order valence-corrected chi connectivity index (χ4v) is 2.07. The van der Waals surface area contributed by atoms with Crippen LogP contribution in [0.25, 0.3) is 0 Å². The Balaban J connectivity index is 2.18. The lowest BCUT2D eigenvalue weighted by Gasteiger charge is -2.06. The fraction of sp³-hybridized carbons (Fsp3) is 0.0769. The van der Waals surface area contributed by atoms with E-state index in [4.69, 9.17) is 16.3 Å². The molecule has 1 aromatic heterocycles. The van der Waals surface area contributed by atoms with E-state index in [2.05, 4.69) is 20.9 Å². The van der Waals surface area contributed by atoms with E-state index in [-0.39, 0.29) is 0 Å². The average Bonchev–Trinajstić information content (AvgIpc) is 2.33. The van der Waals surface area contributed by atoms with E-state index in [1.165, 1.54) is 6.20 Å². The molecule has 0 saturated heterocycles. The number of nitrogens with zero attached hydrogens (tertiary/aromatic N) is 1. The molecule has 0 aliphatic heterocycles. The van der Waals surface area contributed by atoms with Crippen LogP contribution in [0.2, 0.25) is 5.02 Å². The van der Waals surface area contributed by atoms with Crippen molar-refractivity contribution in [3.8, 4) is 5.75 Å². The first kappa shape index (κ1) is 13.1. The maximum absolute atomic E-state index is 11.8. The van der Waals surface area contributed by atoms with E-state index < -0.39 is 5.97 Å². The molecule has 0 unspecified atom stereocenters. The molecule has 0 N–H and O–H groups in total. The summed E-state index contributed by atoms with van der Waals surface area (Å²) in [4.78, 5) is 15.9. The van der Waals surface area contributed by atoms with Gasteiger partial charge in [0.15, 0.2) is 0 Å². The summed E-state index contributed by atoms with van der Waals surface area (Å²) < 4.78 is 5.87. The quantitative estimate of drug-likeness (QED) is 0.618. The van der Waals surface area contributed by atoms with Crippen LogP contribution in [0, 0.1) is 6.92 Å².